The first-order chi connectivity index (χ1) is 11.1. The Morgan fingerprint density at radius 3 is 2.52 bits per heavy atom. The zero-order valence-electron chi connectivity index (χ0n) is 12.6. The van der Waals surface area contributed by atoms with Crippen molar-refractivity contribution in [1.82, 2.24) is 0 Å². The Kier molecular flexibility index (Phi) is 3.30. The van der Waals surface area contributed by atoms with Crippen molar-refractivity contribution in [2.45, 2.75) is 17.7 Å². The topological polar surface area (TPSA) is 40.6 Å². The molecule has 0 saturated heterocycles. The summed E-state index contributed by atoms with van der Waals surface area (Å²) < 4.78 is 40.5. The molecule has 0 amide bonds. The Morgan fingerprint density at radius 1 is 0.957 bits per heavy atom. The summed E-state index contributed by atoms with van der Waals surface area (Å²) in [6.45, 7) is 2.06. The smallest absolute Gasteiger partial charge is 0.264 e. The van der Waals surface area contributed by atoms with Gasteiger partial charge in [-0.25, -0.2) is 12.8 Å². The maximum Gasteiger partial charge on any atom is 0.264 e. The Labute approximate surface area is 135 Å². The highest BCUT2D eigenvalue weighted by Crippen LogP contribution is 2.41. The van der Waals surface area contributed by atoms with Crippen LogP contribution in [0.3, 0.4) is 0 Å². The van der Waals surface area contributed by atoms with Crippen LogP contribution in [0, 0.1) is 5.82 Å². The summed E-state index contributed by atoms with van der Waals surface area (Å²) in [6.07, 6.45) is 2.07. The molecule has 0 atom stereocenters. The van der Waals surface area contributed by atoms with Crippen LogP contribution in [-0.2, 0) is 16.4 Å². The van der Waals surface area contributed by atoms with Gasteiger partial charge in [0, 0.05) is 13.1 Å². The molecule has 2 aliphatic heterocycles. The van der Waals surface area contributed by atoms with Gasteiger partial charge in [0.15, 0.2) is 0 Å². The van der Waals surface area contributed by atoms with Crippen molar-refractivity contribution in [3.8, 4) is 0 Å². The summed E-state index contributed by atoms with van der Waals surface area (Å²) in [5.74, 6) is -0.439. The lowest BCUT2D eigenvalue weighted by atomic mass is 9.99. The number of rotatable bonds is 2. The number of aryl methyl sites for hydroxylation is 1. The van der Waals surface area contributed by atoms with E-state index in [-0.39, 0.29) is 4.90 Å². The normalized spacial score (nSPS) is 17.1. The third-order valence-electron chi connectivity index (χ3n) is 4.53. The highest BCUT2D eigenvalue weighted by molar-refractivity contribution is 7.92. The van der Waals surface area contributed by atoms with E-state index in [4.69, 9.17) is 0 Å². The van der Waals surface area contributed by atoms with Gasteiger partial charge in [-0.1, -0.05) is 12.1 Å². The van der Waals surface area contributed by atoms with Gasteiger partial charge in [0.1, 0.15) is 5.82 Å². The predicted octanol–water partition coefficient (Wildman–Crippen LogP) is 2.79. The van der Waals surface area contributed by atoms with Gasteiger partial charge in [-0.3, -0.25) is 4.31 Å². The molecule has 4 nitrogen and oxygen atoms in total. The highest BCUT2D eigenvalue weighted by atomic mass is 32.2. The summed E-state index contributed by atoms with van der Waals surface area (Å²) in [5.41, 5.74) is 2.97. The number of nitrogens with zero attached hydrogens (tertiary/aromatic N) is 2. The molecule has 23 heavy (non-hydrogen) atoms. The van der Waals surface area contributed by atoms with Crippen molar-refractivity contribution in [2.24, 2.45) is 0 Å². The monoisotopic (exact) mass is 332 g/mol. The van der Waals surface area contributed by atoms with Crippen LogP contribution in [0.4, 0.5) is 15.8 Å². The van der Waals surface area contributed by atoms with Crippen molar-refractivity contribution in [2.75, 3.05) is 28.8 Å². The van der Waals surface area contributed by atoms with E-state index >= 15 is 0 Å². The summed E-state index contributed by atoms with van der Waals surface area (Å²) in [4.78, 5) is 2.39. The van der Waals surface area contributed by atoms with E-state index in [1.807, 2.05) is 12.1 Å². The maximum atomic E-state index is 13.1. The van der Waals surface area contributed by atoms with E-state index in [9.17, 15) is 12.8 Å². The molecule has 2 aromatic carbocycles. The molecular weight excluding hydrogens is 315 g/mol. The molecule has 0 aromatic heterocycles. The van der Waals surface area contributed by atoms with Crippen LogP contribution in [0.1, 0.15) is 12.0 Å². The zero-order valence-corrected chi connectivity index (χ0v) is 13.4. The second kappa shape index (κ2) is 5.23. The fraction of sp³-hybridized carbons (Fsp3) is 0.294. The molecule has 2 aromatic rings. The van der Waals surface area contributed by atoms with Gasteiger partial charge >= 0.3 is 0 Å². The largest absolute Gasteiger partial charge is 0.368 e. The summed E-state index contributed by atoms with van der Waals surface area (Å²) in [5, 5.41) is 0. The molecule has 6 heteroatoms. The minimum atomic E-state index is -3.68. The minimum Gasteiger partial charge on any atom is -0.368 e. The number of para-hydroxylation sites is 1. The van der Waals surface area contributed by atoms with E-state index in [2.05, 4.69) is 11.0 Å². The zero-order chi connectivity index (χ0) is 16.0. The van der Waals surface area contributed by atoms with Crippen LogP contribution in [0.2, 0.25) is 0 Å². The first-order valence-corrected chi connectivity index (χ1v) is 9.16. The van der Waals surface area contributed by atoms with Crippen molar-refractivity contribution in [3.05, 3.63) is 53.8 Å². The highest BCUT2D eigenvalue weighted by Gasteiger charge is 2.34. The van der Waals surface area contributed by atoms with Crippen molar-refractivity contribution >= 4 is 21.4 Å². The van der Waals surface area contributed by atoms with E-state index in [0.717, 1.165) is 30.8 Å². The standard InChI is InChI=1S/C17H17FN2O2S/c18-14-6-8-15(9-7-14)23(21,22)20-12-11-19-10-2-4-13-3-1-5-16(20)17(13)19/h1,3,5-9H,2,4,10-12H2. The fourth-order valence-corrected chi connectivity index (χ4v) is 4.92. The van der Waals surface area contributed by atoms with E-state index in [1.54, 1.807) is 0 Å². The molecular formula is C17H17FN2O2S. The van der Waals surface area contributed by atoms with Gasteiger partial charge in [0.2, 0.25) is 0 Å². The van der Waals surface area contributed by atoms with Crippen molar-refractivity contribution in [1.29, 1.82) is 0 Å². The number of halogens is 1. The minimum absolute atomic E-state index is 0.126. The Morgan fingerprint density at radius 2 is 1.74 bits per heavy atom. The van der Waals surface area contributed by atoms with E-state index in [1.165, 1.54) is 34.1 Å². The van der Waals surface area contributed by atoms with Gasteiger partial charge in [0.25, 0.3) is 10.0 Å². The number of hydrogen-bond acceptors (Lipinski definition) is 3. The molecule has 0 saturated carbocycles. The van der Waals surface area contributed by atoms with Crippen LogP contribution in [0.25, 0.3) is 0 Å². The van der Waals surface area contributed by atoms with Gasteiger partial charge in [-0.15, -0.1) is 0 Å². The number of benzene rings is 2. The van der Waals surface area contributed by atoms with Crippen molar-refractivity contribution in [3.63, 3.8) is 0 Å². The van der Waals surface area contributed by atoms with E-state index < -0.39 is 15.8 Å². The molecule has 120 valence electrons. The Balaban J connectivity index is 1.83. The molecule has 2 aliphatic rings. The Bertz CT molecular complexity index is 849. The first kappa shape index (κ1) is 14.5. The number of sulfonamides is 1. The van der Waals surface area contributed by atoms with Gasteiger partial charge in [-0.2, -0.15) is 0 Å². The summed E-state index contributed by atoms with van der Waals surface area (Å²) in [7, 11) is -3.68. The molecule has 0 unspecified atom stereocenters. The van der Waals surface area contributed by atoms with Gasteiger partial charge < -0.3 is 4.90 Å². The molecule has 0 fully saturated rings. The first-order valence-electron chi connectivity index (χ1n) is 7.72. The van der Waals surface area contributed by atoms with Crippen LogP contribution < -0.4 is 9.21 Å². The molecule has 0 spiro atoms. The predicted molar refractivity (Wildman–Crippen MR) is 87.9 cm³/mol. The average molecular weight is 332 g/mol. The van der Waals surface area contributed by atoms with Gasteiger partial charge in [0.05, 0.1) is 22.8 Å². The van der Waals surface area contributed by atoms with Crippen LogP contribution in [-0.4, -0.2) is 28.1 Å². The fourth-order valence-electron chi connectivity index (χ4n) is 3.46. The van der Waals surface area contributed by atoms with Gasteiger partial charge in [-0.05, 0) is 48.7 Å². The average Bonchev–Trinajstić information content (AvgIpc) is 2.56. The number of anilines is 2. The SMILES string of the molecule is O=S(=O)(c1ccc(F)cc1)N1CCN2CCCc3cccc1c32. The van der Waals surface area contributed by atoms with E-state index in [0.29, 0.717) is 13.1 Å². The summed E-state index contributed by atoms with van der Waals surface area (Å²) in [6, 6.07) is 10.9. The van der Waals surface area contributed by atoms with Crippen LogP contribution in [0.5, 0.6) is 0 Å². The molecule has 0 radical (unpaired) electrons. The molecule has 0 N–H and O–H groups in total. The van der Waals surface area contributed by atoms with Crippen LogP contribution in [0.15, 0.2) is 47.4 Å². The third-order valence-corrected chi connectivity index (χ3v) is 6.36. The van der Waals surface area contributed by atoms with Crippen LogP contribution >= 0.6 is 0 Å². The number of hydrogen-bond donors (Lipinski definition) is 0. The van der Waals surface area contributed by atoms with Crippen molar-refractivity contribution < 1.29 is 12.8 Å². The lowest BCUT2D eigenvalue weighted by molar-refractivity contribution is 0.585. The lowest BCUT2D eigenvalue weighted by Gasteiger charge is -2.41. The summed E-state index contributed by atoms with van der Waals surface area (Å²) >= 11 is 0. The molecule has 4 rings (SSSR count). The molecule has 0 bridgehead atoms. The second-order valence-electron chi connectivity index (χ2n) is 5.91. The Hall–Kier alpha value is -2.08. The molecule has 2 heterocycles. The second-order valence-corrected chi connectivity index (χ2v) is 7.77. The quantitative estimate of drug-likeness (QED) is 0.849. The third kappa shape index (κ3) is 2.28. The maximum absolute atomic E-state index is 13.1. The molecule has 0 aliphatic carbocycles. The lowest BCUT2D eigenvalue weighted by Crippen LogP contribution is -2.46.